The lowest BCUT2D eigenvalue weighted by Crippen LogP contribution is -2.26. The van der Waals surface area contributed by atoms with E-state index in [1.807, 2.05) is 7.05 Å². The Morgan fingerprint density at radius 3 is 2.65 bits per heavy atom. The van der Waals surface area contributed by atoms with Crippen LogP contribution >= 0.6 is 0 Å². The first-order valence-electron chi connectivity index (χ1n) is 6.48. The molecule has 0 saturated carbocycles. The molecule has 2 heteroatoms. The maximum absolute atomic E-state index is 3.20. The van der Waals surface area contributed by atoms with Crippen molar-refractivity contribution in [3.63, 3.8) is 0 Å². The van der Waals surface area contributed by atoms with Crippen molar-refractivity contribution in [1.29, 1.82) is 0 Å². The van der Waals surface area contributed by atoms with Gasteiger partial charge in [0.2, 0.25) is 0 Å². The molecule has 96 valence electrons. The first-order chi connectivity index (χ1) is 8.06. The average molecular weight is 234 g/mol. The molecule has 0 heterocycles. The second-order valence-corrected chi connectivity index (χ2v) is 4.97. The van der Waals surface area contributed by atoms with Crippen molar-refractivity contribution in [2.75, 3.05) is 27.2 Å². The molecular formula is C15H26N2. The third-order valence-electron chi connectivity index (χ3n) is 3.48. The molecule has 0 aromatic heterocycles. The van der Waals surface area contributed by atoms with Crippen LogP contribution in [0.15, 0.2) is 18.2 Å². The zero-order chi connectivity index (χ0) is 12.8. The number of nitrogens with one attached hydrogen (secondary N) is 1. The van der Waals surface area contributed by atoms with E-state index >= 15 is 0 Å². The molecule has 1 aromatic rings. The van der Waals surface area contributed by atoms with E-state index in [0.717, 1.165) is 13.1 Å². The SMILES string of the molecule is CNCCCN(C)C(C)c1cc(C)ccc1C. The summed E-state index contributed by atoms with van der Waals surface area (Å²) in [5, 5.41) is 3.20. The number of rotatable bonds is 6. The molecule has 0 amide bonds. The summed E-state index contributed by atoms with van der Waals surface area (Å²) < 4.78 is 0. The second kappa shape index (κ2) is 6.77. The maximum Gasteiger partial charge on any atom is 0.0319 e. The predicted molar refractivity (Wildman–Crippen MR) is 75.5 cm³/mol. The van der Waals surface area contributed by atoms with E-state index in [-0.39, 0.29) is 0 Å². The fourth-order valence-electron chi connectivity index (χ4n) is 2.15. The quantitative estimate of drug-likeness (QED) is 0.761. The van der Waals surface area contributed by atoms with Gasteiger partial charge in [0.1, 0.15) is 0 Å². The summed E-state index contributed by atoms with van der Waals surface area (Å²) in [6.45, 7) is 8.88. The minimum absolute atomic E-state index is 0.492. The Bertz CT molecular complexity index is 347. The van der Waals surface area contributed by atoms with E-state index in [9.17, 15) is 0 Å². The van der Waals surface area contributed by atoms with E-state index in [1.165, 1.54) is 23.1 Å². The highest BCUT2D eigenvalue weighted by Gasteiger charge is 2.13. The first kappa shape index (κ1) is 14.2. The lowest BCUT2D eigenvalue weighted by atomic mass is 9.99. The van der Waals surface area contributed by atoms with Crippen LogP contribution in [0.25, 0.3) is 0 Å². The van der Waals surface area contributed by atoms with Crippen LogP contribution < -0.4 is 5.32 Å². The van der Waals surface area contributed by atoms with Crippen molar-refractivity contribution in [3.05, 3.63) is 34.9 Å². The molecule has 1 aromatic carbocycles. The monoisotopic (exact) mass is 234 g/mol. The summed E-state index contributed by atoms with van der Waals surface area (Å²) in [4.78, 5) is 2.43. The standard InChI is InChI=1S/C15H26N2/c1-12-7-8-13(2)15(11-12)14(3)17(5)10-6-9-16-4/h7-8,11,14,16H,6,9-10H2,1-5H3. The summed E-state index contributed by atoms with van der Waals surface area (Å²) in [5.74, 6) is 0. The Morgan fingerprint density at radius 1 is 1.29 bits per heavy atom. The molecule has 1 rings (SSSR count). The number of nitrogens with zero attached hydrogens (tertiary/aromatic N) is 1. The summed E-state index contributed by atoms with van der Waals surface area (Å²) in [5.41, 5.74) is 4.20. The number of hydrogen-bond acceptors (Lipinski definition) is 2. The summed E-state index contributed by atoms with van der Waals surface area (Å²) in [7, 11) is 4.22. The van der Waals surface area contributed by atoms with E-state index in [2.05, 4.69) is 56.2 Å². The van der Waals surface area contributed by atoms with E-state index in [1.54, 1.807) is 0 Å². The van der Waals surface area contributed by atoms with Crippen LogP contribution in [0.5, 0.6) is 0 Å². The highest BCUT2D eigenvalue weighted by molar-refractivity contribution is 5.32. The van der Waals surface area contributed by atoms with Gasteiger partial charge >= 0.3 is 0 Å². The fraction of sp³-hybridized carbons (Fsp3) is 0.600. The van der Waals surface area contributed by atoms with Gasteiger partial charge < -0.3 is 5.32 Å². The van der Waals surface area contributed by atoms with Gasteiger partial charge in [-0.1, -0.05) is 23.8 Å². The van der Waals surface area contributed by atoms with Crippen LogP contribution in [0.4, 0.5) is 0 Å². The molecule has 0 radical (unpaired) electrons. The molecule has 1 atom stereocenters. The zero-order valence-electron chi connectivity index (χ0n) is 11.9. The van der Waals surface area contributed by atoms with Crippen molar-refractivity contribution in [3.8, 4) is 0 Å². The minimum atomic E-state index is 0.492. The Balaban J connectivity index is 2.67. The lowest BCUT2D eigenvalue weighted by Gasteiger charge is -2.26. The van der Waals surface area contributed by atoms with Crippen LogP contribution in [-0.2, 0) is 0 Å². The average Bonchev–Trinajstić information content (AvgIpc) is 2.31. The van der Waals surface area contributed by atoms with Crippen molar-refractivity contribution < 1.29 is 0 Å². The molecule has 17 heavy (non-hydrogen) atoms. The third-order valence-corrected chi connectivity index (χ3v) is 3.48. The van der Waals surface area contributed by atoms with Crippen molar-refractivity contribution in [2.45, 2.75) is 33.2 Å². The van der Waals surface area contributed by atoms with E-state index < -0.39 is 0 Å². The van der Waals surface area contributed by atoms with Crippen LogP contribution in [0.3, 0.4) is 0 Å². The van der Waals surface area contributed by atoms with Gasteiger partial charge in [-0.25, -0.2) is 0 Å². The number of aryl methyl sites for hydroxylation is 2. The molecule has 2 nitrogen and oxygen atoms in total. The highest BCUT2D eigenvalue weighted by atomic mass is 15.1. The molecule has 0 aliphatic rings. The predicted octanol–water partition coefficient (Wildman–Crippen LogP) is 2.91. The van der Waals surface area contributed by atoms with Crippen LogP contribution in [0.1, 0.15) is 36.1 Å². The largest absolute Gasteiger partial charge is 0.320 e. The molecule has 0 aliphatic heterocycles. The van der Waals surface area contributed by atoms with Gasteiger partial charge in [0, 0.05) is 6.04 Å². The van der Waals surface area contributed by atoms with Gasteiger partial charge in [-0.15, -0.1) is 0 Å². The van der Waals surface area contributed by atoms with E-state index in [4.69, 9.17) is 0 Å². The summed E-state index contributed by atoms with van der Waals surface area (Å²) in [6, 6.07) is 7.22. The third kappa shape index (κ3) is 4.14. The van der Waals surface area contributed by atoms with Gasteiger partial charge in [-0.05, 0) is 65.5 Å². The van der Waals surface area contributed by atoms with Crippen molar-refractivity contribution in [1.82, 2.24) is 10.2 Å². The lowest BCUT2D eigenvalue weighted by molar-refractivity contribution is 0.257. The van der Waals surface area contributed by atoms with Crippen molar-refractivity contribution in [2.24, 2.45) is 0 Å². The minimum Gasteiger partial charge on any atom is -0.320 e. The second-order valence-electron chi connectivity index (χ2n) is 4.97. The Morgan fingerprint density at radius 2 is 2.00 bits per heavy atom. The fourth-order valence-corrected chi connectivity index (χ4v) is 2.15. The topological polar surface area (TPSA) is 15.3 Å². The Hall–Kier alpha value is -0.860. The first-order valence-corrected chi connectivity index (χ1v) is 6.48. The zero-order valence-corrected chi connectivity index (χ0v) is 11.9. The molecule has 0 spiro atoms. The van der Waals surface area contributed by atoms with Gasteiger partial charge in [0.15, 0.2) is 0 Å². The van der Waals surface area contributed by atoms with Crippen LogP contribution in [0.2, 0.25) is 0 Å². The number of hydrogen-bond donors (Lipinski definition) is 1. The molecular weight excluding hydrogens is 208 g/mol. The maximum atomic E-state index is 3.20. The summed E-state index contributed by atoms with van der Waals surface area (Å²) >= 11 is 0. The van der Waals surface area contributed by atoms with Gasteiger partial charge in [-0.2, -0.15) is 0 Å². The van der Waals surface area contributed by atoms with Crippen molar-refractivity contribution >= 4 is 0 Å². The van der Waals surface area contributed by atoms with E-state index in [0.29, 0.717) is 6.04 Å². The van der Waals surface area contributed by atoms with Crippen LogP contribution in [-0.4, -0.2) is 32.1 Å². The highest BCUT2D eigenvalue weighted by Crippen LogP contribution is 2.23. The Kier molecular flexibility index (Phi) is 5.66. The molecule has 0 bridgehead atoms. The molecule has 0 fully saturated rings. The normalized spacial score (nSPS) is 13.1. The molecule has 1 unspecified atom stereocenters. The summed E-state index contributed by atoms with van der Waals surface area (Å²) in [6.07, 6.45) is 1.20. The smallest absolute Gasteiger partial charge is 0.0319 e. The Labute approximate surface area is 106 Å². The number of benzene rings is 1. The molecule has 0 aliphatic carbocycles. The van der Waals surface area contributed by atoms with Crippen LogP contribution in [0, 0.1) is 13.8 Å². The molecule has 0 saturated heterocycles. The molecule has 1 N–H and O–H groups in total. The van der Waals surface area contributed by atoms with Gasteiger partial charge in [0.25, 0.3) is 0 Å². The van der Waals surface area contributed by atoms with Gasteiger partial charge in [-0.3, -0.25) is 4.90 Å². The van der Waals surface area contributed by atoms with Gasteiger partial charge in [0.05, 0.1) is 0 Å².